The SMILES string of the molecule is CC(C)Oc1ccc(CNC(=O)[C@@H]2CCCN(c3nc4ccccc4[nH]c3=O)C2)cc1. The molecule has 1 amide bonds. The van der Waals surface area contributed by atoms with E-state index in [1.54, 1.807) is 0 Å². The third-order valence-corrected chi connectivity index (χ3v) is 5.44. The van der Waals surface area contributed by atoms with E-state index in [0.29, 0.717) is 24.4 Å². The highest BCUT2D eigenvalue weighted by atomic mass is 16.5. The first-order chi connectivity index (χ1) is 15.0. The lowest BCUT2D eigenvalue weighted by molar-refractivity contribution is -0.125. The van der Waals surface area contributed by atoms with Crippen molar-refractivity contribution < 1.29 is 9.53 Å². The van der Waals surface area contributed by atoms with Crippen molar-refractivity contribution >= 4 is 22.8 Å². The van der Waals surface area contributed by atoms with Crippen molar-refractivity contribution in [2.45, 2.75) is 39.3 Å². The molecule has 0 bridgehead atoms. The first kappa shape index (κ1) is 20.9. The summed E-state index contributed by atoms with van der Waals surface area (Å²) in [5.74, 6) is 1.03. The van der Waals surface area contributed by atoms with E-state index in [9.17, 15) is 9.59 Å². The van der Waals surface area contributed by atoms with Gasteiger partial charge < -0.3 is 19.9 Å². The molecule has 2 aromatic carbocycles. The van der Waals surface area contributed by atoms with E-state index in [-0.39, 0.29) is 23.5 Å². The van der Waals surface area contributed by atoms with E-state index in [4.69, 9.17) is 4.74 Å². The molecule has 1 aromatic heterocycles. The molecule has 7 nitrogen and oxygen atoms in total. The van der Waals surface area contributed by atoms with Gasteiger partial charge in [0.25, 0.3) is 5.56 Å². The van der Waals surface area contributed by atoms with Crippen LogP contribution >= 0.6 is 0 Å². The number of aromatic nitrogens is 2. The average Bonchev–Trinajstić information content (AvgIpc) is 2.77. The topological polar surface area (TPSA) is 87.3 Å². The summed E-state index contributed by atoms with van der Waals surface area (Å²) >= 11 is 0. The molecule has 2 heterocycles. The highest BCUT2D eigenvalue weighted by Crippen LogP contribution is 2.21. The Bertz CT molecular complexity index is 1110. The number of aromatic amines is 1. The zero-order chi connectivity index (χ0) is 21.8. The Morgan fingerprint density at radius 2 is 2.00 bits per heavy atom. The smallest absolute Gasteiger partial charge is 0.291 e. The molecule has 31 heavy (non-hydrogen) atoms. The normalized spacial score (nSPS) is 16.5. The number of benzene rings is 2. The van der Waals surface area contributed by atoms with Gasteiger partial charge in [-0.05, 0) is 56.5 Å². The molecule has 1 fully saturated rings. The molecule has 4 rings (SSSR count). The second kappa shape index (κ2) is 9.20. The number of ether oxygens (including phenoxy) is 1. The van der Waals surface area contributed by atoms with Crippen LogP contribution in [0.5, 0.6) is 5.75 Å². The number of rotatable bonds is 6. The van der Waals surface area contributed by atoms with Gasteiger partial charge in [0.15, 0.2) is 5.82 Å². The highest BCUT2D eigenvalue weighted by Gasteiger charge is 2.27. The van der Waals surface area contributed by atoms with Gasteiger partial charge in [-0.2, -0.15) is 0 Å². The predicted molar refractivity (Wildman–Crippen MR) is 121 cm³/mol. The molecule has 1 aliphatic rings. The summed E-state index contributed by atoms with van der Waals surface area (Å²) in [5, 5.41) is 3.03. The molecule has 0 aliphatic carbocycles. The molecular weight excluding hydrogens is 392 g/mol. The van der Waals surface area contributed by atoms with Gasteiger partial charge in [0, 0.05) is 19.6 Å². The fourth-order valence-corrected chi connectivity index (χ4v) is 3.91. The van der Waals surface area contributed by atoms with Gasteiger partial charge in [-0.1, -0.05) is 24.3 Å². The van der Waals surface area contributed by atoms with Crippen LogP contribution in [0.15, 0.2) is 53.3 Å². The summed E-state index contributed by atoms with van der Waals surface area (Å²) in [7, 11) is 0. The number of hydrogen-bond donors (Lipinski definition) is 2. The van der Waals surface area contributed by atoms with E-state index >= 15 is 0 Å². The molecule has 7 heteroatoms. The molecule has 0 radical (unpaired) electrons. The van der Waals surface area contributed by atoms with Gasteiger partial charge >= 0.3 is 0 Å². The number of carbonyl (C=O) groups excluding carboxylic acids is 1. The number of hydrogen-bond acceptors (Lipinski definition) is 5. The average molecular weight is 421 g/mol. The van der Waals surface area contributed by atoms with Gasteiger partial charge in [0.05, 0.1) is 23.1 Å². The number of nitrogens with one attached hydrogen (secondary N) is 2. The maximum Gasteiger partial charge on any atom is 0.291 e. The minimum absolute atomic E-state index is 0.00410. The van der Waals surface area contributed by atoms with Crippen LogP contribution in [0, 0.1) is 5.92 Å². The number of nitrogens with zero attached hydrogens (tertiary/aromatic N) is 2. The summed E-state index contributed by atoms with van der Waals surface area (Å²) in [6.45, 7) is 5.65. The lowest BCUT2D eigenvalue weighted by Crippen LogP contribution is -2.44. The van der Waals surface area contributed by atoms with Crippen molar-refractivity contribution in [2.24, 2.45) is 5.92 Å². The molecule has 0 unspecified atom stereocenters. The molecule has 1 atom stereocenters. The van der Waals surface area contributed by atoms with E-state index in [0.717, 1.165) is 36.2 Å². The molecule has 2 N–H and O–H groups in total. The first-order valence-corrected chi connectivity index (χ1v) is 10.8. The monoisotopic (exact) mass is 420 g/mol. The van der Waals surface area contributed by atoms with Crippen LogP contribution < -0.4 is 20.5 Å². The van der Waals surface area contributed by atoms with Crippen molar-refractivity contribution in [1.82, 2.24) is 15.3 Å². The second-order valence-corrected chi connectivity index (χ2v) is 8.22. The third-order valence-electron chi connectivity index (χ3n) is 5.44. The van der Waals surface area contributed by atoms with Gasteiger partial charge in [-0.15, -0.1) is 0 Å². The van der Waals surface area contributed by atoms with Crippen LogP contribution in [0.3, 0.4) is 0 Å². The highest BCUT2D eigenvalue weighted by molar-refractivity contribution is 5.80. The number of anilines is 1. The van der Waals surface area contributed by atoms with E-state index in [1.807, 2.05) is 67.3 Å². The summed E-state index contributed by atoms with van der Waals surface area (Å²) in [6.07, 6.45) is 1.77. The fraction of sp³-hybridized carbons (Fsp3) is 0.375. The van der Waals surface area contributed by atoms with E-state index in [2.05, 4.69) is 15.3 Å². The van der Waals surface area contributed by atoms with Gasteiger partial charge in [-0.3, -0.25) is 9.59 Å². The minimum Gasteiger partial charge on any atom is -0.491 e. The van der Waals surface area contributed by atoms with Crippen LogP contribution in [0.2, 0.25) is 0 Å². The van der Waals surface area contributed by atoms with Crippen LogP contribution in [-0.4, -0.2) is 35.1 Å². The van der Waals surface area contributed by atoms with Gasteiger partial charge in [-0.25, -0.2) is 4.98 Å². The number of fused-ring (bicyclic) bond motifs is 1. The minimum atomic E-state index is -0.219. The maximum absolute atomic E-state index is 12.8. The Morgan fingerprint density at radius 3 is 2.77 bits per heavy atom. The third kappa shape index (κ3) is 5.05. The molecule has 0 spiro atoms. The molecular formula is C24H28N4O3. The summed E-state index contributed by atoms with van der Waals surface area (Å²) in [6, 6.07) is 15.2. The largest absolute Gasteiger partial charge is 0.491 e. The number of para-hydroxylation sites is 2. The van der Waals surface area contributed by atoms with Crippen molar-refractivity contribution in [3.63, 3.8) is 0 Å². The quantitative estimate of drug-likeness (QED) is 0.639. The zero-order valence-electron chi connectivity index (χ0n) is 17.9. The number of piperidine rings is 1. The van der Waals surface area contributed by atoms with Crippen LogP contribution in [-0.2, 0) is 11.3 Å². The van der Waals surface area contributed by atoms with Crippen molar-refractivity contribution in [2.75, 3.05) is 18.0 Å². The zero-order valence-corrected chi connectivity index (χ0v) is 17.9. The Labute approximate surface area is 181 Å². The fourth-order valence-electron chi connectivity index (χ4n) is 3.91. The summed E-state index contributed by atoms with van der Waals surface area (Å²) < 4.78 is 5.65. The van der Waals surface area contributed by atoms with Gasteiger partial charge in [0.2, 0.25) is 5.91 Å². The molecule has 0 saturated carbocycles. The van der Waals surface area contributed by atoms with Gasteiger partial charge in [0.1, 0.15) is 5.75 Å². The van der Waals surface area contributed by atoms with E-state index in [1.165, 1.54) is 0 Å². The van der Waals surface area contributed by atoms with Crippen LogP contribution in [0.25, 0.3) is 11.0 Å². The summed E-state index contributed by atoms with van der Waals surface area (Å²) in [4.78, 5) is 34.7. The summed E-state index contributed by atoms with van der Waals surface area (Å²) in [5.41, 5.74) is 2.26. The van der Waals surface area contributed by atoms with E-state index < -0.39 is 0 Å². The Hall–Kier alpha value is -3.35. The Balaban J connectivity index is 1.39. The molecule has 162 valence electrons. The Kier molecular flexibility index (Phi) is 6.21. The number of carbonyl (C=O) groups is 1. The van der Waals surface area contributed by atoms with Crippen molar-refractivity contribution in [1.29, 1.82) is 0 Å². The second-order valence-electron chi connectivity index (χ2n) is 8.22. The lowest BCUT2D eigenvalue weighted by Gasteiger charge is -2.32. The van der Waals surface area contributed by atoms with Crippen molar-refractivity contribution in [3.8, 4) is 5.75 Å². The molecule has 3 aromatic rings. The number of H-pyrrole nitrogens is 1. The molecule has 1 aliphatic heterocycles. The van der Waals surface area contributed by atoms with Crippen LogP contribution in [0.4, 0.5) is 5.82 Å². The lowest BCUT2D eigenvalue weighted by atomic mass is 9.97. The van der Waals surface area contributed by atoms with Crippen LogP contribution in [0.1, 0.15) is 32.3 Å². The predicted octanol–water partition coefficient (Wildman–Crippen LogP) is 3.24. The maximum atomic E-state index is 12.8. The molecule has 1 saturated heterocycles. The standard InChI is InChI=1S/C24H28N4O3/c1-16(2)31-19-11-9-17(10-12-19)14-25-23(29)18-6-5-13-28(15-18)22-24(30)27-21-8-4-3-7-20(21)26-22/h3-4,7-12,16,18H,5-6,13-15H2,1-2H3,(H,25,29)(H,27,30)/t18-/m1/s1. The number of amides is 1. The first-order valence-electron chi connectivity index (χ1n) is 10.8. The van der Waals surface area contributed by atoms with Crippen molar-refractivity contribution in [3.05, 3.63) is 64.4 Å². The Morgan fingerprint density at radius 1 is 1.23 bits per heavy atom.